The van der Waals surface area contributed by atoms with Gasteiger partial charge >= 0.3 is 11.7 Å². The van der Waals surface area contributed by atoms with Gasteiger partial charge in [0.1, 0.15) is 0 Å². The Kier molecular flexibility index (Phi) is 11.9. The maximum atomic E-state index is 13.3. The zero-order chi connectivity index (χ0) is 27.5. The first-order valence-corrected chi connectivity index (χ1v) is 12.7. The number of fused-ring (bicyclic) bond motifs is 1. The number of rotatable bonds is 10. The van der Waals surface area contributed by atoms with Gasteiger partial charge < -0.3 is 22.1 Å². The summed E-state index contributed by atoms with van der Waals surface area (Å²) in [6.07, 6.45) is 5.33. The van der Waals surface area contributed by atoms with E-state index in [2.05, 4.69) is 31.4 Å². The van der Waals surface area contributed by atoms with E-state index in [0.717, 1.165) is 23.8 Å². The van der Waals surface area contributed by atoms with E-state index in [4.69, 9.17) is 11.5 Å². The summed E-state index contributed by atoms with van der Waals surface area (Å²) in [5, 5.41) is 5.10. The Morgan fingerprint density at radius 3 is 2.03 bits per heavy atom. The number of nitrogens with two attached hydrogens (primary N) is 2. The summed E-state index contributed by atoms with van der Waals surface area (Å²) in [7, 11) is 0. The van der Waals surface area contributed by atoms with Crippen molar-refractivity contribution in [3.05, 3.63) is 34.7 Å². The van der Waals surface area contributed by atoms with Gasteiger partial charge in [0.2, 0.25) is 5.91 Å². The summed E-state index contributed by atoms with van der Waals surface area (Å²) in [5.74, 6) is -1.26. The van der Waals surface area contributed by atoms with E-state index in [1.807, 2.05) is 0 Å². The third kappa shape index (κ3) is 7.68. The number of nitrogens with zero attached hydrogens (tertiary/aromatic N) is 2. The Hall–Kier alpha value is -3.14. The number of carbonyl (C=O) groups is 3. The highest BCUT2D eigenvalue weighted by atomic mass is 16.2. The fourth-order valence-corrected chi connectivity index (χ4v) is 3.39. The van der Waals surface area contributed by atoms with E-state index in [1.54, 1.807) is 49.6 Å². The molecule has 0 bridgehead atoms. The maximum absolute atomic E-state index is 13.3. The summed E-state index contributed by atoms with van der Waals surface area (Å²) >= 11 is 0. The zero-order valence-electron chi connectivity index (χ0n) is 22.6. The summed E-state index contributed by atoms with van der Waals surface area (Å²) in [4.78, 5) is 50.3. The summed E-state index contributed by atoms with van der Waals surface area (Å²) in [5.41, 5.74) is 9.30. The van der Waals surface area contributed by atoms with Crippen molar-refractivity contribution in [3.8, 4) is 0 Å². The van der Waals surface area contributed by atoms with Crippen molar-refractivity contribution in [3.63, 3.8) is 0 Å². The summed E-state index contributed by atoms with van der Waals surface area (Å²) in [6, 6.07) is 6.19. The molecule has 2 rings (SSSR count). The van der Waals surface area contributed by atoms with E-state index in [-0.39, 0.29) is 13.0 Å². The Labute approximate surface area is 213 Å². The average molecular weight is 505 g/mol. The van der Waals surface area contributed by atoms with Gasteiger partial charge in [-0.2, -0.15) is 0 Å². The average Bonchev–Trinajstić information content (AvgIpc) is 3.09. The van der Waals surface area contributed by atoms with Crippen LogP contribution < -0.4 is 27.8 Å². The number of benzene rings is 1. The molecule has 0 unspecified atom stereocenters. The van der Waals surface area contributed by atoms with Crippen molar-refractivity contribution in [2.45, 2.75) is 92.3 Å². The molecule has 0 saturated heterocycles. The third-order valence-electron chi connectivity index (χ3n) is 6.03. The van der Waals surface area contributed by atoms with E-state index in [1.165, 1.54) is 12.8 Å². The lowest BCUT2D eigenvalue weighted by Crippen LogP contribution is -2.72. The molecule has 202 valence electrons. The molecule has 1 aromatic carbocycles. The lowest BCUT2D eigenvalue weighted by atomic mass is 9.80. The van der Waals surface area contributed by atoms with E-state index in [9.17, 15) is 19.2 Å². The quantitative estimate of drug-likeness (QED) is 0.289. The van der Waals surface area contributed by atoms with Crippen LogP contribution in [0.5, 0.6) is 0 Å². The summed E-state index contributed by atoms with van der Waals surface area (Å²) < 4.78 is 2.57. The van der Waals surface area contributed by atoms with Crippen molar-refractivity contribution in [1.82, 2.24) is 19.8 Å². The zero-order valence-corrected chi connectivity index (χ0v) is 22.6. The van der Waals surface area contributed by atoms with Gasteiger partial charge in [-0.25, -0.2) is 14.2 Å². The predicted octanol–water partition coefficient (Wildman–Crippen LogP) is 3.05. The van der Waals surface area contributed by atoms with Crippen LogP contribution in [0.3, 0.4) is 0 Å². The number of nitrogens with one attached hydrogen (secondary N) is 2. The van der Waals surface area contributed by atoms with Crippen LogP contribution in [0.2, 0.25) is 0 Å². The number of para-hydroxylation sites is 2. The number of aryl methyl sites for hydroxylation is 1. The van der Waals surface area contributed by atoms with Gasteiger partial charge in [-0.3, -0.25) is 14.2 Å². The molecule has 0 spiro atoms. The van der Waals surface area contributed by atoms with E-state index < -0.39 is 34.6 Å². The molecule has 2 aromatic rings. The predicted molar refractivity (Wildman–Crippen MR) is 143 cm³/mol. The second kappa shape index (κ2) is 13.8. The van der Waals surface area contributed by atoms with Crippen LogP contribution in [-0.4, -0.2) is 39.2 Å². The van der Waals surface area contributed by atoms with Crippen molar-refractivity contribution < 1.29 is 14.4 Å². The van der Waals surface area contributed by atoms with Crippen molar-refractivity contribution in [2.75, 3.05) is 6.54 Å². The molecule has 0 radical (unpaired) electrons. The SMILES string of the molecule is CCCC.CCCCCn1c(=O)n(C(=O)N[C@](N)(C(=O)NCCC(N)=O)C(C)(C)C)c2ccccc21. The van der Waals surface area contributed by atoms with Gasteiger partial charge in [0, 0.05) is 24.9 Å². The first-order valence-electron chi connectivity index (χ1n) is 12.7. The van der Waals surface area contributed by atoms with Crippen LogP contribution in [0.4, 0.5) is 4.79 Å². The van der Waals surface area contributed by atoms with Gasteiger partial charge in [0.15, 0.2) is 5.66 Å². The van der Waals surface area contributed by atoms with Gasteiger partial charge in [-0.15, -0.1) is 0 Å². The Morgan fingerprint density at radius 1 is 0.944 bits per heavy atom. The molecule has 1 heterocycles. The molecule has 36 heavy (non-hydrogen) atoms. The number of hydrogen-bond donors (Lipinski definition) is 4. The van der Waals surface area contributed by atoms with Crippen LogP contribution >= 0.6 is 0 Å². The minimum atomic E-state index is -1.85. The minimum Gasteiger partial charge on any atom is -0.370 e. The first kappa shape index (κ1) is 30.9. The number of primary amides is 1. The lowest BCUT2D eigenvalue weighted by Gasteiger charge is -2.40. The monoisotopic (exact) mass is 504 g/mol. The Bertz CT molecular complexity index is 1080. The molecule has 1 aromatic heterocycles. The molecule has 6 N–H and O–H groups in total. The summed E-state index contributed by atoms with van der Waals surface area (Å²) in [6.45, 7) is 12.0. The fraction of sp³-hybridized carbons (Fsp3) is 0.615. The highest BCUT2D eigenvalue weighted by molar-refractivity contribution is 5.95. The van der Waals surface area contributed by atoms with Crippen molar-refractivity contribution in [1.29, 1.82) is 0 Å². The van der Waals surface area contributed by atoms with Crippen molar-refractivity contribution in [2.24, 2.45) is 16.9 Å². The molecule has 3 amide bonds. The molecule has 0 fully saturated rings. The minimum absolute atomic E-state index is 0.0181. The van der Waals surface area contributed by atoms with Gasteiger partial charge in [-0.1, -0.05) is 79.4 Å². The lowest BCUT2D eigenvalue weighted by molar-refractivity contribution is -0.131. The third-order valence-corrected chi connectivity index (χ3v) is 6.03. The molecular weight excluding hydrogens is 460 g/mol. The number of imidazole rings is 1. The molecule has 0 saturated carbocycles. The molecule has 10 nitrogen and oxygen atoms in total. The molecule has 10 heteroatoms. The van der Waals surface area contributed by atoms with Crippen LogP contribution in [0.15, 0.2) is 29.1 Å². The second-order valence-electron chi connectivity index (χ2n) is 9.93. The second-order valence-corrected chi connectivity index (χ2v) is 9.93. The Balaban J connectivity index is 0.00000150. The molecule has 0 aliphatic heterocycles. The van der Waals surface area contributed by atoms with Crippen LogP contribution in [-0.2, 0) is 16.1 Å². The smallest absolute Gasteiger partial charge is 0.337 e. The fourth-order valence-electron chi connectivity index (χ4n) is 3.39. The number of hydrogen-bond acceptors (Lipinski definition) is 5. The first-order chi connectivity index (χ1) is 16.8. The standard InChI is InChI=1S/C22H34N6O4.C4H10/c1-5-6-9-14-27-15-10-7-8-11-16(15)28(20(27)32)19(31)26-22(24,21(2,3)4)18(30)25-13-12-17(23)29;1-3-4-2/h7-8,10-11H,5-6,9,12-14,24H2,1-4H3,(H2,23,29)(H,25,30)(H,26,31);3-4H2,1-2H3/t22-;/m1./s1. The van der Waals surface area contributed by atoms with Crippen LogP contribution in [0, 0.1) is 5.41 Å². The number of carbonyl (C=O) groups excluding carboxylic acids is 3. The molecule has 0 aliphatic carbocycles. The van der Waals surface area contributed by atoms with Crippen molar-refractivity contribution >= 4 is 28.9 Å². The normalized spacial score (nSPS) is 12.9. The molecule has 0 aliphatic rings. The van der Waals surface area contributed by atoms with Crippen LogP contribution in [0.25, 0.3) is 11.0 Å². The molecular formula is C26H44N6O4. The maximum Gasteiger partial charge on any atom is 0.337 e. The van der Waals surface area contributed by atoms with E-state index in [0.29, 0.717) is 17.6 Å². The highest BCUT2D eigenvalue weighted by Gasteiger charge is 2.47. The van der Waals surface area contributed by atoms with E-state index >= 15 is 0 Å². The highest BCUT2D eigenvalue weighted by Crippen LogP contribution is 2.26. The van der Waals surface area contributed by atoms with Gasteiger partial charge in [0.25, 0.3) is 5.91 Å². The molecule has 1 atom stereocenters. The Morgan fingerprint density at radius 2 is 1.53 bits per heavy atom. The van der Waals surface area contributed by atoms with Gasteiger partial charge in [0.05, 0.1) is 11.0 Å². The topological polar surface area (TPSA) is 154 Å². The number of aromatic nitrogens is 2. The van der Waals surface area contributed by atoms with Crippen LogP contribution in [0.1, 0.15) is 80.1 Å². The number of unbranched alkanes of at least 4 members (excludes halogenated alkanes) is 3. The number of amides is 3. The van der Waals surface area contributed by atoms with Gasteiger partial charge in [-0.05, 0) is 18.6 Å². The largest absolute Gasteiger partial charge is 0.370 e.